The summed E-state index contributed by atoms with van der Waals surface area (Å²) in [7, 11) is 0. The van der Waals surface area contributed by atoms with Crippen molar-refractivity contribution in [3.8, 4) is 6.07 Å². The molecule has 0 unspecified atom stereocenters. The van der Waals surface area contributed by atoms with Gasteiger partial charge in [-0.15, -0.1) is 11.6 Å². The number of rotatable bonds is 2. The lowest BCUT2D eigenvalue weighted by atomic mass is 10.1. The molecule has 0 N–H and O–H groups in total. The molecule has 6 heteroatoms. The van der Waals surface area contributed by atoms with Crippen LogP contribution in [0.1, 0.15) is 23.2 Å². The Balaban J connectivity index is 3.37. The Hall–Kier alpha value is -0.730. The quantitative estimate of drug-likeness (QED) is 0.779. The fourth-order valence-corrected chi connectivity index (χ4v) is 1.70. The molecule has 2 nitrogen and oxygen atoms in total. The number of nitrogens with zero attached hydrogens (tertiary/aromatic N) is 2. The lowest BCUT2D eigenvalue weighted by Crippen LogP contribution is -1.98. The number of pyridine rings is 1. The average molecular weight is 281 g/mol. The van der Waals surface area contributed by atoms with Gasteiger partial charge in [0.15, 0.2) is 0 Å². The predicted molar refractivity (Wildman–Crippen MR) is 51.2 cm³/mol. The maximum atomic E-state index is 12.4. The first kappa shape index (κ1) is 11.3. The third-order valence-corrected chi connectivity index (χ3v) is 2.70. The molecule has 1 aromatic heterocycles. The van der Waals surface area contributed by atoms with E-state index in [1.54, 1.807) is 6.07 Å². The van der Waals surface area contributed by atoms with Crippen molar-refractivity contribution >= 4 is 27.5 Å². The lowest BCUT2D eigenvalue weighted by Gasteiger charge is -2.06. The molecule has 0 saturated carbocycles. The minimum atomic E-state index is -2.66. The van der Waals surface area contributed by atoms with Crippen LogP contribution < -0.4 is 0 Å². The van der Waals surface area contributed by atoms with E-state index in [1.165, 1.54) is 0 Å². The van der Waals surface area contributed by atoms with Gasteiger partial charge in [0, 0.05) is 10.7 Å². The molecule has 0 aliphatic carbocycles. The summed E-state index contributed by atoms with van der Waals surface area (Å²) in [5.41, 5.74) is 0.0682. The van der Waals surface area contributed by atoms with E-state index in [0.717, 1.165) is 6.20 Å². The second-order valence-corrected chi connectivity index (χ2v) is 3.46. The predicted octanol–water partition coefficient (Wildman–Crippen LogP) is 3.39. The van der Waals surface area contributed by atoms with Crippen molar-refractivity contribution < 1.29 is 8.78 Å². The lowest BCUT2D eigenvalue weighted by molar-refractivity contribution is 0.150. The number of hydrogen-bond donors (Lipinski definition) is 0. The number of aromatic nitrogens is 1. The van der Waals surface area contributed by atoms with Crippen LogP contribution in [0.3, 0.4) is 0 Å². The molecule has 1 heterocycles. The molecular weight excluding hydrogens is 277 g/mol. The van der Waals surface area contributed by atoms with E-state index in [-0.39, 0.29) is 21.5 Å². The summed E-state index contributed by atoms with van der Waals surface area (Å²) < 4.78 is 24.8. The SMILES string of the molecule is N#Cc1c(CCl)ncc(C(F)F)c1Br. The molecule has 0 aromatic carbocycles. The van der Waals surface area contributed by atoms with Gasteiger partial charge in [0.2, 0.25) is 0 Å². The summed E-state index contributed by atoms with van der Waals surface area (Å²) in [4.78, 5) is 3.69. The zero-order valence-corrected chi connectivity index (χ0v) is 9.11. The fourth-order valence-electron chi connectivity index (χ4n) is 0.907. The molecule has 0 aliphatic rings. The molecule has 74 valence electrons. The van der Waals surface area contributed by atoms with E-state index in [9.17, 15) is 8.78 Å². The van der Waals surface area contributed by atoms with Gasteiger partial charge in [-0.05, 0) is 15.9 Å². The topological polar surface area (TPSA) is 36.7 Å². The van der Waals surface area contributed by atoms with Gasteiger partial charge in [-0.2, -0.15) is 5.26 Å². The zero-order chi connectivity index (χ0) is 10.7. The molecule has 0 spiro atoms. The van der Waals surface area contributed by atoms with Crippen LogP contribution in [0.5, 0.6) is 0 Å². The highest BCUT2D eigenvalue weighted by molar-refractivity contribution is 9.10. The van der Waals surface area contributed by atoms with Gasteiger partial charge in [-0.3, -0.25) is 4.98 Å². The van der Waals surface area contributed by atoms with Crippen LogP contribution in [0.25, 0.3) is 0 Å². The van der Waals surface area contributed by atoms with Crippen LogP contribution in [0, 0.1) is 11.3 Å². The van der Waals surface area contributed by atoms with Gasteiger partial charge in [0.05, 0.1) is 22.7 Å². The molecule has 0 radical (unpaired) electrons. The molecule has 14 heavy (non-hydrogen) atoms. The van der Waals surface area contributed by atoms with E-state index in [4.69, 9.17) is 16.9 Å². The highest BCUT2D eigenvalue weighted by atomic mass is 79.9. The van der Waals surface area contributed by atoms with E-state index in [0.29, 0.717) is 5.69 Å². The van der Waals surface area contributed by atoms with E-state index < -0.39 is 6.43 Å². The van der Waals surface area contributed by atoms with Crippen molar-refractivity contribution in [2.24, 2.45) is 0 Å². The normalized spacial score (nSPS) is 10.3. The van der Waals surface area contributed by atoms with Crippen LogP contribution in [0.15, 0.2) is 10.7 Å². The minimum Gasteiger partial charge on any atom is -0.258 e. The molecule has 0 amide bonds. The van der Waals surface area contributed by atoms with Crippen LogP contribution in [-0.4, -0.2) is 4.98 Å². The van der Waals surface area contributed by atoms with Gasteiger partial charge in [0.25, 0.3) is 6.43 Å². The number of halogens is 4. The molecular formula is C8H4BrClF2N2. The zero-order valence-electron chi connectivity index (χ0n) is 6.77. The third kappa shape index (κ3) is 2.02. The summed E-state index contributed by atoms with van der Waals surface area (Å²) in [6.45, 7) is 0. The molecule has 0 atom stereocenters. The number of alkyl halides is 3. The molecule has 0 bridgehead atoms. The highest BCUT2D eigenvalue weighted by Gasteiger charge is 2.17. The van der Waals surface area contributed by atoms with Crippen LogP contribution in [0.2, 0.25) is 0 Å². The van der Waals surface area contributed by atoms with Crippen molar-refractivity contribution in [1.82, 2.24) is 4.98 Å². The second kappa shape index (κ2) is 4.67. The Labute approximate surface area is 92.6 Å². The first-order chi connectivity index (χ1) is 6.61. The van der Waals surface area contributed by atoms with Gasteiger partial charge in [-0.25, -0.2) is 8.78 Å². The average Bonchev–Trinajstić information content (AvgIpc) is 2.16. The van der Waals surface area contributed by atoms with Crippen molar-refractivity contribution in [3.63, 3.8) is 0 Å². The van der Waals surface area contributed by atoms with E-state index in [2.05, 4.69) is 20.9 Å². The van der Waals surface area contributed by atoms with Gasteiger partial charge >= 0.3 is 0 Å². The summed E-state index contributed by atoms with van der Waals surface area (Å²) in [5, 5.41) is 8.71. The van der Waals surface area contributed by atoms with Crippen LogP contribution in [-0.2, 0) is 5.88 Å². The molecule has 0 aliphatic heterocycles. The Morgan fingerprint density at radius 2 is 2.29 bits per heavy atom. The maximum absolute atomic E-state index is 12.4. The summed E-state index contributed by atoms with van der Waals surface area (Å²) in [6, 6.07) is 1.78. The van der Waals surface area contributed by atoms with E-state index >= 15 is 0 Å². The summed E-state index contributed by atoms with van der Waals surface area (Å²) in [6.07, 6.45) is -1.64. The Morgan fingerprint density at radius 3 is 2.71 bits per heavy atom. The molecule has 0 fully saturated rings. The van der Waals surface area contributed by atoms with E-state index in [1.807, 2.05) is 0 Å². The van der Waals surface area contributed by atoms with Crippen molar-refractivity contribution in [3.05, 3.63) is 27.5 Å². The molecule has 1 aromatic rings. The van der Waals surface area contributed by atoms with Crippen molar-refractivity contribution in [2.45, 2.75) is 12.3 Å². The monoisotopic (exact) mass is 280 g/mol. The molecule has 1 rings (SSSR count). The summed E-state index contributed by atoms with van der Waals surface area (Å²) >= 11 is 8.43. The number of hydrogen-bond acceptors (Lipinski definition) is 2. The maximum Gasteiger partial charge on any atom is 0.266 e. The third-order valence-electron chi connectivity index (χ3n) is 1.59. The Morgan fingerprint density at radius 1 is 1.64 bits per heavy atom. The van der Waals surface area contributed by atoms with Crippen molar-refractivity contribution in [2.75, 3.05) is 0 Å². The smallest absolute Gasteiger partial charge is 0.258 e. The highest BCUT2D eigenvalue weighted by Crippen LogP contribution is 2.30. The van der Waals surface area contributed by atoms with Crippen LogP contribution in [0.4, 0.5) is 8.78 Å². The van der Waals surface area contributed by atoms with Gasteiger partial charge in [0.1, 0.15) is 6.07 Å². The Kier molecular flexibility index (Phi) is 3.78. The Bertz CT molecular complexity index is 390. The first-order valence-corrected chi connectivity index (χ1v) is 4.86. The minimum absolute atomic E-state index is 0.0189. The van der Waals surface area contributed by atoms with Gasteiger partial charge in [-0.1, -0.05) is 0 Å². The first-order valence-electron chi connectivity index (χ1n) is 3.53. The van der Waals surface area contributed by atoms with Crippen molar-refractivity contribution in [1.29, 1.82) is 5.26 Å². The largest absolute Gasteiger partial charge is 0.266 e. The second-order valence-electron chi connectivity index (χ2n) is 2.40. The fraction of sp³-hybridized carbons (Fsp3) is 0.250. The summed E-state index contributed by atoms with van der Waals surface area (Å²) in [5.74, 6) is 0.0189. The number of nitriles is 1. The van der Waals surface area contributed by atoms with Crippen LogP contribution >= 0.6 is 27.5 Å². The standard InChI is InChI=1S/C8H4BrClF2N2/c9-7-4(2-13)6(1-10)14-3-5(7)8(11)12/h3,8H,1H2. The molecule has 0 saturated heterocycles. The van der Waals surface area contributed by atoms with Gasteiger partial charge < -0.3 is 0 Å².